The van der Waals surface area contributed by atoms with Gasteiger partial charge in [-0.25, -0.2) is 0 Å². The monoisotopic (exact) mass is 222 g/mol. The van der Waals surface area contributed by atoms with Gasteiger partial charge in [0.15, 0.2) is 0 Å². The van der Waals surface area contributed by atoms with E-state index in [4.69, 9.17) is 5.11 Å². The van der Waals surface area contributed by atoms with Crippen LogP contribution >= 0.6 is 0 Å². The van der Waals surface area contributed by atoms with E-state index in [0.717, 1.165) is 19.6 Å². The Morgan fingerprint density at radius 1 is 1.25 bits per heavy atom. The van der Waals surface area contributed by atoms with Gasteiger partial charge in [-0.15, -0.1) is 0 Å². The van der Waals surface area contributed by atoms with Crippen molar-refractivity contribution in [2.24, 2.45) is 5.41 Å². The van der Waals surface area contributed by atoms with Crippen molar-refractivity contribution < 1.29 is 5.11 Å². The van der Waals surface area contributed by atoms with Crippen LogP contribution in [0, 0.1) is 5.41 Å². The van der Waals surface area contributed by atoms with E-state index in [9.17, 15) is 0 Å². The van der Waals surface area contributed by atoms with E-state index < -0.39 is 0 Å². The van der Waals surface area contributed by atoms with Gasteiger partial charge in [-0.1, -0.05) is 20.8 Å². The molecule has 0 aliphatic carbocycles. The zero-order valence-electron chi connectivity index (χ0n) is 10.5. The second-order valence-corrected chi connectivity index (χ2v) is 5.35. The number of aliphatic hydroxyl groups excluding tert-OH is 1. The highest BCUT2D eigenvalue weighted by atomic mass is 16.3. The highest BCUT2D eigenvalue weighted by Crippen LogP contribution is 2.16. The third-order valence-electron chi connectivity index (χ3n) is 2.27. The molecule has 0 amide bonds. The third kappa shape index (κ3) is 5.24. The Balaban J connectivity index is 2.58. The number of aromatic nitrogens is 1. The Hall–Kier alpha value is -0.930. The summed E-state index contributed by atoms with van der Waals surface area (Å²) in [7, 11) is 0. The van der Waals surface area contributed by atoms with E-state index in [-0.39, 0.29) is 12.0 Å². The Kier molecular flexibility index (Phi) is 4.90. The first-order chi connectivity index (χ1) is 7.51. The molecule has 3 heteroatoms. The highest BCUT2D eigenvalue weighted by Gasteiger charge is 2.16. The van der Waals surface area contributed by atoms with Crippen LogP contribution in [0.3, 0.4) is 0 Å². The van der Waals surface area contributed by atoms with E-state index in [1.54, 1.807) is 0 Å². The van der Waals surface area contributed by atoms with Gasteiger partial charge in [-0.2, -0.15) is 0 Å². The normalized spacial score (nSPS) is 12.1. The molecule has 0 atom stereocenters. The maximum Gasteiger partial charge on any atom is 0.0558 e. The Morgan fingerprint density at radius 2 is 1.88 bits per heavy atom. The fourth-order valence-corrected chi connectivity index (χ4v) is 1.77. The summed E-state index contributed by atoms with van der Waals surface area (Å²) in [5, 5.41) is 9.06. The second-order valence-electron chi connectivity index (χ2n) is 5.35. The number of hydrogen-bond acceptors (Lipinski definition) is 3. The lowest BCUT2D eigenvalue weighted by Gasteiger charge is -2.29. The summed E-state index contributed by atoms with van der Waals surface area (Å²) in [5.41, 5.74) is 1.50. The van der Waals surface area contributed by atoms with Crippen molar-refractivity contribution in [3.8, 4) is 0 Å². The summed E-state index contributed by atoms with van der Waals surface area (Å²) >= 11 is 0. The molecule has 16 heavy (non-hydrogen) atoms. The molecule has 0 fully saturated rings. The van der Waals surface area contributed by atoms with E-state index >= 15 is 0 Å². The first-order valence-electron chi connectivity index (χ1n) is 5.73. The molecule has 1 aromatic rings. The smallest absolute Gasteiger partial charge is 0.0558 e. The van der Waals surface area contributed by atoms with Gasteiger partial charge in [-0.05, 0) is 23.1 Å². The van der Waals surface area contributed by atoms with E-state index in [0.29, 0.717) is 0 Å². The molecule has 0 aliphatic heterocycles. The average molecular weight is 222 g/mol. The lowest BCUT2D eigenvalue weighted by molar-refractivity contribution is 0.146. The minimum absolute atomic E-state index is 0.209. The number of hydrogen-bond donors (Lipinski definition) is 1. The zero-order valence-corrected chi connectivity index (χ0v) is 10.5. The quantitative estimate of drug-likeness (QED) is 0.827. The van der Waals surface area contributed by atoms with Crippen LogP contribution in [0.5, 0.6) is 0 Å². The molecule has 0 spiro atoms. The van der Waals surface area contributed by atoms with Crippen molar-refractivity contribution in [3.63, 3.8) is 0 Å². The number of rotatable bonds is 5. The molecule has 0 unspecified atom stereocenters. The third-order valence-corrected chi connectivity index (χ3v) is 2.27. The molecule has 0 saturated heterocycles. The fourth-order valence-electron chi connectivity index (χ4n) is 1.77. The number of nitrogens with zero attached hydrogens (tertiary/aromatic N) is 2. The van der Waals surface area contributed by atoms with Gasteiger partial charge in [0, 0.05) is 32.0 Å². The Morgan fingerprint density at radius 3 is 2.38 bits per heavy atom. The predicted octanol–water partition coefficient (Wildman–Crippen LogP) is 1.92. The summed E-state index contributed by atoms with van der Waals surface area (Å²) in [6.07, 6.45) is 3.62. The lowest BCUT2D eigenvalue weighted by atomic mass is 9.96. The molecule has 90 valence electrons. The topological polar surface area (TPSA) is 36.4 Å². The molecule has 0 aliphatic rings. The molecule has 0 bridgehead atoms. The second kappa shape index (κ2) is 5.97. The lowest BCUT2D eigenvalue weighted by Crippen LogP contribution is -2.34. The van der Waals surface area contributed by atoms with Gasteiger partial charge in [0.25, 0.3) is 0 Å². The van der Waals surface area contributed by atoms with Gasteiger partial charge < -0.3 is 5.11 Å². The van der Waals surface area contributed by atoms with Crippen LogP contribution in [0.15, 0.2) is 24.5 Å². The molecule has 0 saturated carbocycles. The maximum absolute atomic E-state index is 9.06. The average Bonchev–Trinajstić information content (AvgIpc) is 2.17. The van der Waals surface area contributed by atoms with Crippen LogP contribution in [-0.2, 0) is 6.54 Å². The summed E-state index contributed by atoms with van der Waals surface area (Å²) in [5.74, 6) is 0. The van der Waals surface area contributed by atoms with Crippen LogP contribution in [0.2, 0.25) is 0 Å². The van der Waals surface area contributed by atoms with Crippen molar-refractivity contribution in [2.45, 2.75) is 27.3 Å². The van der Waals surface area contributed by atoms with Crippen LogP contribution in [-0.4, -0.2) is 34.7 Å². The Labute approximate surface area is 98.1 Å². The first kappa shape index (κ1) is 13.1. The van der Waals surface area contributed by atoms with Crippen molar-refractivity contribution in [3.05, 3.63) is 30.1 Å². The maximum atomic E-state index is 9.06. The molecule has 0 aromatic carbocycles. The predicted molar refractivity (Wildman–Crippen MR) is 66.1 cm³/mol. The SMILES string of the molecule is CC(C)(C)CN(CCO)Cc1ccncc1. The van der Waals surface area contributed by atoms with E-state index in [1.165, 1.54) is 5.56 Å². The summed E-state index contributed by atoms with van der Waals surface area (Å²) in [4.78, 5) is 6.28. The van der Waals surface area contributed by atoms with Gasteiger partial charge >= 0.3 is 0 Å². The first-order valence-corrected chi connectivity index (χ1v) is 5.73. The van der Waals surface area contributed by atoms with Crippen molar-refractivity contribution >= 4 is 0 Å². The minimum atomic E-state index is 0.209. The van der Waals surface area contributed by atoms with Crippen LogP contribution in [0.4, 0.5) is 0 Å². The van der Waals surface area contributed by atoms with Crippen LogP contribution < -0.4 is 0 Å². The molecular weight excluding hydrogens is 200 g/mol. The van der Waals surface area contributed by atoms with Crippen molar-refractivity contribution in [2.75, 3.05) is 19.7 Å². The number of pyridine rings is 1. The summed E-state index contributed by atoms with van der Waals surface area (Å²) in [6.45, 7) is 9.43. The van der Waals surface area contributed by atoms with Gasteiger partial charge in [0.1, 0.15) is 0 Å². The Bertz CT molecular complexity index is 293. The number of aliphatic hydroxyl groups is 1. The van der Waals surface area contributed by atoms with Crippen LogP contribution in [0.25, 0.3) is 0 Å². The summed E-state index contributed by atoms with van der Waals surface area (Å²) < 4.78 is 0. The fraction of sp³-hybridized carbons (Fsp3) is 0.615. The molecular formula is C13H22N2O. The van der Waals surface area contributed by atoms with Gasteiger partial charge in [0.05, 0.1) is 6.61 Å². The zero-order chi connectivity index (χ0) is 12.0. The standard InChI is InChI=1S/C13H22N2O/c1-13(2,3)11-15(8-9-16)10-12-4-6-14-7-5-12/h4-7,16H,8-11H2,1-3H3. The summed E-state index contributed by atoms with van der Waals surface area (Å²) in [6, 6.07) is 4.04. The van der Waals surface area contributed by atoms with Crippen LogP contribution in [0.1, 0.15) is 26.3 Å². The molecule has 3 nitrogen and oxygen atoms in total. The molecule has 1 aromatic heterocycles. The van der Waals surface area contributed by atoms with Crippen molar-refractivity contribution in [1.29, 1.82) is 0 Å². The van der Waals surface area contributed by atoms with Gasteiger partial charge in [-0.3, -0.25) is 9.88 Å². The van der Waals surface area contributed by atoms with E-state index in [1.807, 2.05) is 24.5 Å². The minimum Gasteiger partial charge on any atom is -0.395 e. The highest BCUT2D eigenvalue weighted by molar-refractivity contribution is 5.09. The van der Waals surface area contributed by atoms with E-state index in [2.05, 4.69) is 30.7 Å². The molecule has 0 radical (unpaired) electrons. The molecule has 1 N–H and O–H groups in total. The molecule has 1 heterocycles. The van der Waals surface area contributed by atoms with Gasteiger partial charge in [0.2, 0.25) is 0 Å². The van der Waals surface area contributed by atoms with Crippen molar-refractivity contribution in [1.82, 2.24) is 9.88 Å². The molecule has 1 rings (SSSR count). The largest absolute Gasteiger partial charge is 0.395 e.